The number of nitrogens with one attached hydrogen (secondary N) is 1. The molecule has 102 valence electrons. The Labute approximate surface area is 131 Å². The van der Waals surface area contributed by atoms with Crippen molar-refractivity contribution in [3.63, 3.8) is 0 Å². The molecule has 0 saturated carbocycles. The number of thioether (sulfide) groups is 1. The average molecular weight is 330 g/mol. The van der Waals surface area contributed by atoms with Gasteiger partial charge in [-0.1, -0.05) is 18.5 Å². The topological polar surface area (TPSA) is 12.0 Å². The molecule has 5 heteroatoms. The van der Waals surface area contributed by atoms with E-state index in [1.54, 1.807) is 11.3 Å². The van der Waals surface area contributed by atoms with E-state index < -0.39 is 0 Å². The van der Waals surface area contributed by atoms with Crippen LogP contribution in [0.2, 0.25) is 4.34 Å². The molecule has 2 aromatic rings. The summed E-state index contributed by atoms with van der Waals surface area (Å²) in [4.78, 5) is 1.31. The maximum Gasteiger partial charge on any atom is 0.0931 e. The molecule has 1 aliphatic heterocycles. The summed E-state index contributed by atoms with van der Waals surface area (Å²) in [6, 6.07) is 7.19. The number of fused-ring (bicyclic) bond motifs is 1. The zero-order valence-corrected chi connectivity index (χ0v) is 14.1. The molecule has 0 bridgehead atoms. The summed E-state index contributed by atoms with van der Waals surface area (Å²) >= 11 is 11.6. The van der Waals surface area contributed by atoms with E-state index >= 15 is 0 Å². The molecule has 3 atom stereocenters. The van der Waals surface area contributed by atoms with Crippen molar-refractivity contribution in [1.29, 1.82) is 0 Å². The van der Waals surface area contributed by atoms with Crippen molar-refractivity contribution in [2.75, 3.05) is 0 Å². The van der Waals surface area contributed by atoms with E-state index in [-0.39, 0.29) is 0 Å². The van der Waals surface area contributed by atoms with Crippen LogP contribution >= 0.6 is 46.0 Å². The van der Waals surface area contributed by atoms with Crippen molar-refractivity contribution < 1.29 is 0 Å². The highest BCUT2D eigenvalue weighted by molar-refractivity contribution is 8.01. The van der Waals surface area contributed by atoms with Crippen molar-refractivity contribution in [3.05, 3.63) is 38.4 Å². The van der Waals surface area contributed by atoms with Gasteiger partial charge in [-0.3, -0.25) is 0 Å². The second-order valence-electron chi connectivity index (χ2n) is 4.91. The summed E-state index contributed by atoms with van der Waals surface area (Å²) in [6.45, 7) is 4.54. The van der Waals surface area contributed by atoms with Crippen LogP contribution in [-0.2, 0) is 0 Å². The summed E-state index contributed by atoms with van der Waals surface area (Å²) in [5.74, 6) is 0. The summed E-state index contributed by atoms with van der Waals surface area (Å²) in [5, 5.41) is 6.65. The largest absolute Gasteiger partial charge is 0.302 e. The summed E-state index contributed by atoms with van der Waals surface area (Å²) in [5.41, 5.74) is 1.47. The lowest BCUT2D eigenvalue weighted by Crippen LogP contribution is -2.28. The predicted molar refractivity (Wildman–Crippen MR) is 87.9 cm³/mol. The first-order chi connectivity index (χ1) is 9.13. The maximum absolute atomic E-state index is 6.02. The lowest BCUT2D eigenvalue weighted by atomic mass is 10.0. The molecule has 0 spiro atoms. The van der Waals surface area contributed by atoms with Gasteiger partial charge in [-0.25, -0.2) is 0 Å². The molecule has 2 aromatic heterocycles. The minimum atomic E-state index is 0.352. The zero-order chi connectivity index (χ0) is 13.4. The van der Waals surface area contributed by atoms with Gasteiger partial charge >= 0.3 is 0 Å². The van der Waals surface area contributed by atoms with Gasteiger partial charge in [-0.05, 0) is 42.5 Å². The quantitative estimate of drug-likeness (QED) is 0.770. The first-order valence-corrected chi connectivity index (χ1v) is 9.34. The monoisotopic (exact) mass is 329 g/mol. The first-order valence-electron chi connectivity index (χ1n) is 6.39. The fraction of sp³-hybridized carbons (Fsp3) is 0.429. The lowest BCUT2D eigenvalue weighted by Gasteiger charge is -2.30. The predicted octanol–water partition coefficient (Wildman–Crippen LogP) is 5.74. The molecule has 2 unspecified atom stereocenters. The van der Waals surface area contributed by atoms with E-state index in [0.29, 0.717) is 17.3 Å². The van der Waals surface area contributed by atoms with Gasteiger partial charge < -0.3 is 5.32 Å². The standard InChI is InChI=1S/C14H16ClNS3/c1-8-7-11(10-5-6-17-14(10)18-8)16-9(2)12-3-4-13(15)19-12/h3-6,8-9,11,16H,7H2,1-2H3/t8-,9?,11?/m0/s1. The van der Waals surface area contributed by atoms with Crippen molar-refractivity contribution in [3.8, 4) is 0 Å². The average Bonchev–Trinajstić information content (AvgIpc) is 2.97. The molecular weight excluding hydrogens is 314 g/mol. The van der Waals surface area contributed by atoms with Crippen LogP contribution in [0.5, 0.6) is 0 Å². The Kier molecular flexibility index (Phi) is 4.25. The normalized spacial score (nSPS) is 24.2. The first kappa shape index (κ1) is 14.0. The van der Waals surface area contributed by atoms with Crippen LogP contribution in [0.25, 0.3) is 0 Å². The fourth-order valence-corrected chi connectivity index (χ4v) is 6.09. The van der Waals surface area contributed by atoms with Crippen LogP contribution in [0.3, 0.4) is 0 Å². The summed E-state index contributed by atoms with van der Waals surface area (Å²) in [7, 11) is 0. The Morgan fingerprint density at radius 1 is 1.37 bits per heavy atom. The highest BCUT2D eigenvalue weighted by Crippen LogP contribution is 2.44. The zero-order valence-electron chi connectivity index (χ0n) is 10.9. The Balaban J connectivity index is 1.77. The fourth-order valence-electron chi connectivity index (χ4n) is 2.45. The Morgan fingerprint density at radius 2 is 2.21 bits per heavy atom. The van der Waals surface area contributed by atoms with Crippen molar-refractivity contribution in [1.82, 2.24) is 5.32 Å². The lowest BCUT2D eigenvalue weighted by molar-refractivity contribution is 0.439. The Bertz CT molecular complexity index is 563. The third-order valence-electron chi connectivity index (χ3n) is 3.38. The molecule has 1 nitrogen and oxygen atoms in total. The molecule has 19 heavy (non-hydrogen) atoms. The van der Waals surface area contributed by atoms with Crippen LogP contribution in [0, 0.1) is 0 Å². The van der Waals surface area contributed by atoms with Crippen LogP contribution in [-0.4, -0.2) is 5.25 Å². The van der Waals surface area contributed by atoms with Crippen LogP contribution in [0.1, 0.15) is 42.8 Å². The molecule has 0 aromatic carbocycles. The molecule has 0 fully saturated rings. The highest BCUT2D eigenvalue weighted by Gasteiger charge is 2.27. The van der Waals surface area contributed by atoms with Crippen LogP contribution in [0.15, 0.2) is 27.8 Å². The third-order valence-corrected chi connectivity index (χ3v) is 7.14. The van der Waals surface area contributed by atoms with E-state index in [9.17, 15) is 0 Å². The summed E-state index contributed by atoms with van der Waals surface area (Å²) < 4.78 is 2.35. The van der Waals surface area contributed by atoms with Crippen molar-refractivity contribution in [2.45, 2.75) is 41.8 Å². The van der Waals surface area contributed by atoms with Gasteiger partial charge in [0, 0.05) is 22.2 Å². The van der Waals surface area contributed by atoms with E-state index in [0.717, 1.165) is 4.34 Å². The number of thiophene rings is 2. The number of rotatable bonds is 3. The molecule has 1 N–H and O–H groups in total. The van der Waals surface area contributed by atoms with Gasteiger partial charge in [0.15, 0.2) is 0 Å². The third kappa shape index (κ3) is 3.03. The highest BCUT2D eigenvalue weighted by atomic mass is 35.5. The molecule has 0 saturated heterocycles. The number of hydrogen-bond donors (Lipinski definition) is 1. The molecular formula is C14H16ClNS3. The van der Waals surface area contributed by atoms with E-state index in [1.807, 2.05) is 29.2 Å². The Hall–Kier alpha value is -0.0000000000000000278. The van der Waals surface area contributed by atoms with Crippen molar-refractivity contribution >= 4 is 46.0 Å². The summed E-state index contributed by atoms with van der Waals surface area (Å²) in [6.07, 6.45) is 1.19. The van der Waals surface area contributed by atoms with Crippen LogP contribution in [0.4, 0.5) is 0 Å². The van der Waals surface area contributed by atoms with Crippen molar-refractivity contribution in [2.24, 2.45) is 0 Å². The second-order valence-corrected chi connectivity index (χ2v) is 9.28. The smallest absolute Gasteiger partial charge is 0.0931 e. The van der Waals surface area contributed by atoms with Gasteiger partial charge in [0.05, 0.1) is 8.55 Å². The SMILES string of the molecule is CC(NC1C[C@H](C)Sc2sccc21)c1ccc(Cl)s1. The molecule has 0 amide bonds. The molecule has 3 heterocycles. The van der Waals surface area contributed by atoms with E-state index in [2.05, 4.69) is 36.7 Å². The maximum atomic E-state index is 6.02. The number of halogens is 1. The molecule has 0 radical (unpaired) electrons. The van der Waals surface area contributed by atoms with Gasteiger partial charge in [-0.15, -0.1) is 34.4 Å². The van der Waals surface area contributed by atoms with Gasteiger partial charge in [0.2, 0.25) is 0 Å². The van der Waals surface area contributed by atoms with Gasteiger partial charge in [0.25, 0.3) is 0 Å². The van der Waals surface area contributed by atoms with Gasteiger partial charge in [-0.2, -0.15) is 0 Å². The molecule has 3 rings (SSSR count). The van der Waals surface area contributed by atoms with E-state index in [1.165, 1.54) is 21.1 Å². The minimum absolute atomic E-state index is 0.352. The second kappa shape index (κ2) is 5.78. The number of hydrogen-bond acceptors (Lipinski definition) is 4. The molecule has 1 aliphatic rings. The van der Waals surface area contributed by atoms with Crippen LogP contribution < -0.4 is 5.32 Å². The van der Waals surface area contributed by atoms with E-state index in [4.69, 9.17) is 11.6 Å². The molecule has 0 aliphatic carbocycles. The van der Waals surface area contributed by atoms with Gasteiger partial charge in [0.1, 0.15) is 0 Å². The minimum Gasteiger partial charge on any atom is -0.302 e. The Morgan fingerprint density at radius 3 is 2.95 bits per heavy atom.